The Hall–Kier alpha value is -3.51. The number of hydrogen-bond acceptors (Lipinski definition) is 4. The van der Waals surface area contributed by atoms with Crippen molar-refractivity contribution in [3.63, 3.8) is 0 Å². The van der Waals surface area contributed by atoms with Gasteiger partial charge in [-0.25, -0.2) is 8.42 Å². The predicted molar refractivity (Wildman–Crippen MR) is 124 cm³/mol. The Morgan fingerprint density at radius 2 is 1.10 bits per heavy atom. The maximum atomic E-state index is 13.5. The van der Waals surface area contributed by atoms with E-state index in [1.54, 1.807) is 42.5 Å². The first-order valence-electron chi connectivity index (χ1n) is 9.83. The van der Waals surface area contributed by atoms with Crippen molar-refractivity contribution in [2.45, 2.75) is 22.6 Å². The van der Waals surface area contributed by atoms with Crippen LogP contribution in [0.25, 0.3) is 12.2 Å². The highest BCUT2D eigenvalue weighted by molar-refractivity contribution is 7.92. The van der Waals surface area contributed by atoms with Crippen LogP contribution in [0.15, 0.2) is 108 Å². The topological polar surface area (TPSA) is 77.3 Å². The van der Waals surface area contributed by atoms with Gasteiger partial charge in [0.05, 0.1) is 17.7 Å². The van der Waals surface area contributed by atoms with Crippen LogP contribution in [0.4, 0.5) is 0 Å². The third-order valence-electron chi connectivity index (χ3n) is 4.98. The van der Waals surface area contributed by atoms with Gasteiger partial charge in [0.1, 0.15) is 0 Å². The van der Waals surface area contributed by atoms with Crippen LogP contribution in [0, 0.1) is 10.1 Å². The van der Waals surface area contributed by atoms with Crippen LogP contribution in [-0.2, 0) is 9.84 Å². The first-order chi connectivity index (χ1) is 15.0. The number of hydrogen-bond donors (Lipinski definition) is 0. The van der Waals surface area contributed by atoms with E-state index in [1.807, 2.05) is 60.7 Å². The smallest absolute Gasteiger partial charge is 0.263 e. The molecule has 3 aromatic carbocycles. The third kappa shape index (κ3) is 5.16. The van der Waals surface area contributed by atoms with Gasteiger partial charge in [-0.05, 0) is 23.3 Å². The van der Waals surface area contributed by atoms with Gasteiger partial charge in [-0.2, -0.15) is 0 Å². The SMILES string of the molecule is O=[N+]([O-])C(C/C=C\c1ccccc1)(C/C=C/c1ccccc1)S(=O)(=O)c1ccccc1. The van der Waals surface area contributed by atoms with Crippen LogP contribution in [0.5, 0.6) is 0 Å². The summed E-state index contributed by atoms with van der Waals surface area (Å²) in [6, 6.07) is 26.2. The monoisotopic (exact) mass is 433 g/mol. The van der Waals surface area contributed by atoms with Gasteiger partial charge in [0.15, 0.2) is 0 Å². The van der Waals surface area contributed by atoms with Gasteiger partial charge < -0.3 is 0 Å². The minimum absolute atomic E-state index is 0.0621. The molecule has 5 nitrogen and oxygen atoms in total. The molecule has 3 aromatic rings. The van der Waals surface area contributed by atoms with Gasteiger partial charge in [0.25, 0.3) is 0 Å². The van der Waals surface area contributed by atoms with Crippen molar-refractivity contribution in [2.24, 2.45) is 0 Å². The molecule has 1 unspecified atom stereocenters. The molecule has 0 fully saturated rings. The summed E-state index contributed by atoms with van der Waals surface area (Å²) in [4.78, 5) is 9.34. The lowest BCUT2D eigenvalue weighted by Gasteiger charge is -2.23. The lowest BCUT2D eigenvalue weighted by Crippen LogP contribution is -2.45. The second kappa shape index (κ2) is 10.00. The minimum Gasteiger partial charge on any atom is -0.263 e. The van der Waals surface area contributed by atoms with Crippen molar-refractivity contribution in [3.8, 4) is 0 Å². The molecular weight excluding hydrogens is 410 g/mol. The van der Waals surface area contributed by atoms with Crippen molar-refractivity contribution in [3.05, 3.63) is 124 Å². The standard InChI is InChI=1S/C25H23NO4S/c27-26(28)25(20-10-16-22-12-4-1-5-13-22,21-11-17-23-14-6-2-7-15-23)31(29,30)24-18-8-3-9-19-24/h1-19H,20-21H2/b16-10-,17-11+. The Kier molecular flexibility index (Phi) is 7.15. The van der Waals surface area contributed by atoms with Crippen molar-refractivity contribution in [1.29, 1.82) is 0 Å². The lowest BCUT2D eigenvalue weighted by atomic mass is 10.1. The maximum absolute atomic E-state index is 13.5. The lowest BCUT2D eigenvalue weighted by molar-refractivity contribution is -0.539. The molecule has 31 heavy (non-hydrogen) atoms. The maximum Gasteiger partial charge on any atom is 0.330 e. The van der Waals surface area contributed by atoms with Gasteiger partial charge in [-0.1, -0.05) is 103 Å². The highest BCUT2D eigenvalue weighted by Gasteiger charge is 2.54. The molecule has 0 amide bonds. The van der Waals surface area contributed by atoms with E-state index in [-0.39, 0.29) is 17.7 Å². The highest BCUT2D eigenvalue weighted by Crippen LogP contribution is 2.34. The van der Waals surface area contributed by atoms with Crippen LogP contribution < -0.4 is 0 Å². The average molecular weight is 434 g/mol. The molecule has 158 valence electrons. The molecule has 0 bridgehead atoms. The molecule has 0 radical (unpaired) electrons. The normalized spacial score (nSPS) is 13.9. The number of benzene rings is 3. The number of nitrogens with zero attached hydrogens (tertiary/aromatic N) is 1. The van der Waals surface area contributed by atoms with Crippen LogP contribution in [0.1, 0.15) is 24.0 Å². The van der Waals surface area contributed by atoms with Gasteiger partial charge in [0, 0.05) is 4.92 Å². The summed E-state index contributed by atoms with van der Waals surface area (Å²) in [7, 11) is -4.27. The Morgan fingerprint density at radius 1 is 0.710 bits per heavy atom. The number of nitro groups is 1. The Morgan fingerprint density at radius 3 is 1.48 bits per heavy atom. The summed E-state index contributed by atoms with van der Waals surface area (Å²) in [6.45, 7) is 0. The van der Waals surface area contributed by atoms with E-state index in [2.05, 4.69) is 0 Å². The molecule has 0 aliphatic rings. The summed E-state index contributed by atoms with van der Waals surface area (Å²) >= 11 is 0. The fourth-order valence-corrected chi connectivity index (χ4v) is 5.04. The van der Waals surface area contributed by atoms with Crippen molar-refractivity contribution >= 4 is 22.0 Å². The van der Waals surface area contributed by atoms with Crippen LogP contribution in [0.2, 0.25) is 0 Å². The number of sulfone groups is 1. The molecule has 6 heteroatoms. The third-order valence-corrected chi connectivity index (χ3v) is 7.36. The Balaban J connectivity index is 2.00. The molecule has 0 aromatic heterocycles. The summed E-state index contributed by atoms with van der Waals surface area (Å²) in [5, 5.41) is 12.3. The Labute approximate surface area is 182 Å². The molecule has 0 aliphatic carbocycles. The fraction of sp³-hybridized carbons (Fsp3) is 0.120. The van der Waals surface area contributed by atoms with E-state index in [9.17, 15) is 18.5 Å². The quantitative estimate of drug-likeness (QED) is 0.323. The van der Waals surface area contributed by atoms with Crippen LogP contribution in [0.3, 0.4) is 0 Å². The average Bonchev–Trinajstić information content (AvgIpc) is 2.79. The van der Waals surface area contributed by atoms with E-state index < -0.39 is 19.6 Å². The predicted octanol–water partition coefficient (Wildman–Crippen LogP) is 5.64. The first kappa shape index (κ1) is 22.2. The van der Waals surface area contributed by atoms with E-state index in [0.717, 1.165) is 11.1 Å². The molecule has 0 saturated heterocycles. The van der Waals surface area contributed by atoms with Gasteiger partial charge in [-0.15, -0.1) is 0 Å². The van der Waals surface area contributed by atoms with E-state index in [4.69, 9.17) is 0 Å². The second-order valence-corrected chi connectivity index (χ2v) is 9.29. The van der Waals surface area contributed by atoms with Gasteiger partial charge in [-0.3, -0.25) is 10.1 Å². The van der Waals surface area contributed by atoms with E-state index >= 15 is 0 Å². The molecular formula is C25H23NO4S. The largest absolute Gasteiger partial charge is 0.330 e. The summed E-state index contributed by atoms with van der Waals surface area (Å²) < 4.78 is 26.9. The van der Waals surface area contributed by atoms with Crippen LogP contribution in [-0.4, -0.2) is 18.2 Å². The molecule has 0 N–H and O–H groups in total. The molecule has 0 saturated carbocycles. The molecule has 3 rings (SSSR count). The highest BCUT2D eigenvalue weighted by atomic mass is 32.2. The zero-order valence-electron chi connectivity index (χ0n) is 16.9. The molecule has 0 aliphatic heterocycles. The molecule has 0 spiro atoms. The van der Waals surface area contributed by atoms with Crippen molar-refractivity contribution in [2.75, 3.05) is 0 Å². The first-order valence-corrected chi connectivity index (χ1v) is 11.3. The summed E-state index contributed by atoms with van der Waals surface area (Å²) in [5.74, 6) is 0. The summed E-state index contributed by atoms with van der Waals surface area (Å²) in [6.07, 6.45) is 6.03. The molecule has 0 heterocycles. The van der Waals surface area contributed by atoms with E-state index in [0.29, 0.717) is 0 Å². The van der Waals surface area contributed by atoms with Crippen LogP contribution >= 0.6 is 0 Å². The van der Waals surface area contributed by atoms with E-state index in [1.165, 1.54) is 12.1 Å². The second-order valence-electron chi connectivity index (χ2n) is 7.05. The zero-order chi connectivity index (χ0) is 22.2. The molecule has 1 atom stereocenters. The Bertz CT molecular complexity index is 1100. The number of rotatable bonds is 9. The van der Waals surface area contributed by atoms with Crippen molar-refractivity contribution in [1.82, 2.24) is 0 Å². The van der Waals surface area contributed by atoms with Gasteiger partial charge >= 0.3 is 4.87 Å². The van der Waals surface area contributed by atoms with Crippen molar-refractivity contribution < 1.29 is 13.3 Å². The minimum atomic E-state index is -4.27. The summed E-state index contributed by atoms with van der Waals surface area (Å²) in [5.41, 5.74) is 1.69. The van der Waals surface area contributed by atoms with Gasteiger partial charge in [0.2, 0.25) is 9.84 Å². The zero-order valence-corrected chi connectivity index (χ0v) is 17.7. The fourth-order valence-electron chi connectivity index (χ4n) is 3.26.